The first-order valence-corrected chi connectivity index (χ1v) is 6.95. The fraction of sp³-hybridized carbons (Fsp3) is 0.615. The minimum atomic E-state index is -0.0429. The quantitative estimate of drug-likeness (QED) is 0.847. The summed E-state index contributed by atoms with van der Waals surface area (Å²) >= 11 is 1.66. The summed E-state index contributed by atoms with van der Waals surface area (Å²) in [5.74, 6) is 0.619. The average molecular weight is 254 g/mol. The van der Waals surface area contributed by atoms with E-state index in [1.807, 2.05) is 18.5 Å². The molecule has 0 aliphatic carbocycles. The van der Waals surface area contributed by atoms with Crippen LogP contribution in [0.4, 0.5) is 0 Å². The molecule has 17 heavy (non-hydrogen) atoms. The Kier molecular flexibility index (Phi) is 5.65. The summed E-state index contributed by atoms with van der Waals surface area (Å²) in [5, 5.41) is 4.10. The first-order chi connectivity index (χ1) is 8.04. The molecule has 0 aliphatic heterocycles. The van der Waals surface area contributed by atoms with E-state index < -0.39 is 0 Å². The Morgan fingerprint density at radius 2 is 2.24 bits per heavy atom. The predicted octanol–water partition coefficient (Wildman–Crippen LogP) is 2.33. The fourth-order valence-corrected chi connectivity index (χ4v) is 2.57. The second-order valence-corrected chi connectivity index (χ2v) is 5.67. The molecule has 0 spiro atoms. The van der Waals surface area contributed by atoms with Crippen LogP contribution in [0, 0.1) is 11.8 Å². The number of hydrogen-bond donors (Lipinski definition) is 1. The Balaban J connectivity index is 2.54. The van der Waals surface area contributed by atoms with E-state index in [2.05, 4.69) is 19.2 Å². The zero-order valence-corrected chi connectivity index (χ0v) is 11.7. The molecule has 1 aromatic rings. The van der Waals surface area contributed by atoms with Gasteiger partial charge in [0.05, 0.1) is 5.92 Å². The number of nitrogens with zero attached hydrogens (tertiary/aromatic N) is 1. The van der Waals surface area contributed by atoms with Gasteiger partial charge in [-0.3, -0.25) is 4.79 Å². The van der Waals surface area contributed by atoms with Crippen molar-refractivity contribution in [3.8, 4) is 0 Å². The molecule has 0 bridgehead atoms. The maximum absolute atomic E-state index is 12.2. The van der Waals surface area contributed by atoms with E-state index in [1.165, 1.54) is 5.56 Å². The summed E-state index contributed by atoms with van der Waals surface area (Å²) in [5.41, 5.74) is 6.87. The Morgan fingerprint density at radius 1 is 1.53 bits per heavy atom. The number of carbonyl (C=O) groups is 1. The Labute approximate surface area is 108 Å². The van der Waals surface area contributed by atoms with E-state index in [1.54, 1.807) is 16.2 Å². The molecule has 1 heterocycles. The van der Waals surface area contributed by atoms with Gasteiger partial charge in [0.1, 0.15) is 0 Å². The van der Waals surface area contributed by atoms with Crippen LogP contribution in [-0.2, 0) is 11.3 Å². The Hall–Kier alpha value is -0.870. The minimum Gasteiger partial charge on any atom is -0.341 e. The number of nitrogens with two attached hydrogens (primary N) is 1. The summed E-state index contributed by atoms with van der Waals surface area (Å²) < 4.78 is 0. The molecule has 1 aromatic heterocycles. The van der Waals surface area contributed by atoms with Gasteiger partial charge < -0.3 is 10.6 Å². The van der Waals surface area contributed by atoms with E-state index in [4.69, 9.17) is 5.73 Å². The van der Waals surface area contributed by atoms with Gasteiger partial charge in [0.2, 0.25) is 5.91 Å². The summed E-state index contributed by atoms with van der Waals surface area (Å²) in [6, 6.07) is 2.05. The van der Waals surface area contributed by atoms with Crippen LogP contribution in [0.2, 0.25) is 0 Å². The van der Waals surface area contributed by atoms with Crippen molar-refractivity contribution in [2.45, 2.75) is 26.8 Å². The number of rotatable bonds is 6. The van der Waals surface area contributed by atoms with Crippen molar-refractivity contribution in [1.82, 2.24) is 4.90 Å². The molecule has 96 valence electrons. The molecule has 0 saturated heterocycles. The molecule has 1 atom stereocenters. The first-order valence-electron chi connectivity index (χ1n) is 6.00. The third-order valence-electron chi connectivity index (χ3n) is 2.77. The summed E-state index contributed by atoms with van der Waals surface area (Å²) in [6.07, 6.45) is 0.864. The highest BCUT2D eigenvalue weighted by Crippen LogP contribution is 2.15. The second-order valence-electron chi connectivity index (χ2n) is 4.89. The number of amides is 1. The van der Waals surface area contributed by atoms with Gasteiger partial charge in [-0.2, -0.15) is 11.3 Å². The van der Waals surface area contributed by atoms with Crippen molar-refractivity contribution in [1.29, 1.82) is 0 Å². The van der Waals surface area contributed by atoms with Crippen LogP contribution in [-0.4, -0.2) is 24.4 Å². The van der Waals surface area contributed by atoms with Crippen molar-refractivity contribution in [3.63, 3.8) is 0 Å². The molecular formula is C13H22N2OS. The third-order valence-corrected chi connectivity index (χ3v) is 3.50. The average Bonchev–Trinajstić information content (AvgIpc) is 2.77. The van der Waals surface area contributed by atoms with Crippen molar-refractivity contribution >= 4 is 17.2 Å². The van der Waals surface area contributed by atoms with Gasteiger partial charge in [-0.1, -0.05) is 13.8 Å². The molecule has 0 aromatic carbocycles. The van der Waals surface area contributed by atoms with Crippen molar-refractivity contribution < 1.29 is 4.79 Å². The molecule has 2 N–H and O–H groups in total. The molecule has 0 aliphatic rings. The Morgan fingerprint density at radius 3 is 2.71 bits per heavy atom. The molecule has 4 heteroatoms. The van der Waals surface area contributed by atoms with E-state index in [0.717, 1.165) is 6.42 Å². The highest BCUT2D eigenvalue weighted by molar-refractivity contribution is 7.07. The summed E-state index contributed by atoms with van der Waals surface area (Å²) in [4.78, 5) is 14.0. The first kappa shape index (κ1) is 14.2. The van der Waals surface area contributed by atoms with Crippen molar-refractivity contribution in [3.05, 3.63) is 22.4 Å². The van der Waals surface area contributed by atoms with Crippen LogP contribution in [0.15, 0.2) is 16.8 Å². The monoisotopic (exact) mass is 254 g/mol. The highest BCUT2D eigenvalue weighted by atomic mass is 32.1. The zero-order valence-electron chi connectivity index (χ0n) is 10.8. The Bertz CT molecular complexity index is 335. The van der Waals surface area contributed by atoms with Crippen LogP contribution in [0.5, 0.6) is 0 Å². The number of hydrogen-bond acceptors (Lipinski definition) is 3. The lowest BCUT2D eigenvalue weighted by molar-refractivity contribution is -0.134. The molecular weight excluding hydrogens is 232 g/mol. The van der Waals surface area contributed by atoms with Crippen molar-refractivity contribution in [2.75, 3.05) is 13.6 Å². The summed E-state index contributed by atoms with van der Waals surface area (Å²) in [6.45, 7) is 5.35. The standard InChI is InChI=1S/C13H22N2OS/c1-10(2)6-12(7-14)13(16)15(3)8-11-4-5-17-9-11/h4-5,9-10,12H,6-8,14H2,1-3H3. The van der Waals surface area contributed by atoms with Gasteiger partial charge in [-0.05, 0) is 34.7 Å². The lowest BCUT2D eigenvalue weighted by atomic mass is 9.96. The van der Waals surface area contributed by atoms with Crippen LogP contribution < -0.4 is 5.73 Å². The van der Waals surface area contributed by atoms with Gasteiger partial charge in [0.15, 0.2) is 0 Å². The lowest BCUT2D eigenvalue weighted by Gasteiger charge is -2.23. The second kappa shape index (κ2) is 6.77. The van der Waals surface area contributed by atoms with E-state index in [-0.39, 0.29) is 11.8 Å². The van der Waals surface area contributed by atoms with Crippen LogP contribution in [0.25, 0.3) is 0 Å². The number of thiophene rings is 1. The predicted molar refractivity (Wildman–Crippen MR) is 72.8 cm³/mol. The third kappa shape index (κ3) is 4.48. The van der Waals surface area contributed by atoms with Gasteiger partial charge >= 0.3 is 0 Å². The molecule has 0 fully saturated rings. The maximum Gasteiger partial charge on any atom is 0.227 e. The molecule has 1 unspecified atom stereocenters. The normalized spacial score (nSPS) is 12.8. The van der Waals surface area contributed by atoms with E-state index in [9.17, 15) is 4.79 Å². The fourth-order valence-electron chi connectivity index (χ4n) is 1.91. The molecule has 0 radical (unpaired) electrons. The molecule has 1 rings (SSSR count). The minimum absolute atomic E-state index is 0.0429. The highest BCUT2D eigenvalue weighted by Gasteiger charge is 2.21. The summed E-state index contributed by atoms with van der Waals surface area (Å²) in [7, 11) is 1.85. The molecule has 1 amide bonds. The molecule has 0 saturated carbocycles. The van der Waals surface area contributed by atoms with Gasteiger partial charge in [0.25, 0.3) is 0 Å². The van der Waals surface area contributed by atoms with Crippen molar-refractivity contribution in [2.24, 2.45) is 17.6 Å². The van der Waals surface area contributed by atoms with Gasteiger partial charge in [-0.25, -0.2) is 0 Å². The lowest BCUT2D eigenvalue weighted by Crippen LogP contribution is -2.36. The van der Waals surface area contributed by atoms with Crippen LogP contribution in [0.1, 0.15) is 25.8 Å². The van der Waals surface area contributed by atoms with Gasteiger partial charge in [-0.15, -0.1) is 0 Å². The SMILES string of the molecule is CC(C)CC(CN)C(=O)N(C)Cc1ccsc1. The number of carbonyl (C=O) groups excluding carboxylic acids is 1. The van der Waals surface area contributed by atoms with Gasteiger partial charge in [0, 0.05) is 20.1 Å². The largest absolute Gasteiger partial charge is 0.341 e. The zero-order chi connectivity index (χ0) is 12.8. The van der Waals surface area contributed by atoms with Crippen LogP contribution in [0.3, 0.4) is 0 Å². The van der Waals surface area contributed by atoms with E-state index >= 15 is 0 Å². The smallest absolute Gasteiger partial charge is 0.227 e. The van der Waals surface area contributed by atoms with Crippen LogP contribution >= 0.6 is 11.3 Å². The topological polar surface area (TPSA) is 46.3 Å². The maximum atomic E-state index is 12.2. The molecule has 3 nitrogen and oxygen atoms in total. The van der Waals surface area contributed by atoms with E-state index in [0.29, 0.717) is 19.0 Å².